The Bertz CT molecular complexity index is 1210. The van der Waals surface area contributed by atoms with E-state index in [-0.39, 0.29) is 12.1 Å². The molecule has 1 aliphatic rings. The van der Waals surface area contributed by atoms with E-state index in [2.05, 4.69) is 115 Å². The van der Waals surface area contributed by atoms with Gasteiger partial charge in [-0.25, -0.2) is 0 Å². The van der Waals surface area contributed by atoms with Crippen LogP contribution in [0.4, 0.5) is 5.69 Å². The van der Waals surface area contributed by atoms with E-state index in [4.69, 9.17) is 4.74 Å². The van der Waals surface area contributed by atoms with Crippen LogP contribution in [0.25, 0.3) is 10.8 Å². The molecule has 4 aromatic carbocycles. The monoisotopic (exact) mass is 436 g/mol. The van der Waals surface area contributed by atoms with Crippen molar-refractivity contribution in [3.8, 4) is 5.75 Å². The molecular formula is C30H32N2O. The summed E-state index contributed by atoms with van der Waals surface area (Å²) in [6.45, 7) is 7.10. The molecule has 0 saturated heterocycles. The summed E-state index contributed by atoms with van der Waals surface area (Å²) in [4.78, 5) is 2.46. The second-order valence-electron chi connectivity index (χ2n) is 9.11. The molecule has 3 nitrogen and oxygen atoms in total. The molecule has 0 radical (unpaired) electrons. The first-order valence-corrected chi connectivity index (χ1v) is 11.9. The number of para-hydroxylation sites is 2. The third-order valence-electron chi connectivity index (χ3n) is 6.62. The topological polar surface area (TPSA) is 24.5 Å². The number of aryl methyl sites for hydroxylation is 1. The smallest absolute Gasteiger partial charge is 0.143 e. The van der Waals surface area contributed by atoms with Crippen LogP contribution in [0.5, 0.6) is 5.75 Å². The van der Waals surface area contributed by atoms with Crippen LogP contribution in [0.15, 0.2) is 91.0 Å². The number of anilines is 1. The van der Waals surface area contributed by atoms with Gasteiger partial charge in [0.2, 0.25) is 0 Å². The highest BCUT2D eigenvalue weighted by molar-refractivity contribution is 5.86. The van der Waals surface area contributed by atoms with Crippen molar-refractivity contribution < 1.29 is 4.74 Å². The van der Waals surface area contributed by atoms with Crippen LogP contribution < -0.4 is 15.0 Å². The standard InChI is InChI=1S/C30H32N2O/c1-22-14-16-24(17-15-22)20-32-21-26(33-30-13-6-5-12-29(30)32)18-19-31-23(2)27-11-7-9-25-8-3-4-10-28(25)27/h3-17,23,26,31H,18-21H2,1-2H3/t23-,26?/m1/s1. The van der Waals surface area contributed by atoms with Gasteiger partial charge in [-0.2, -0.15) is 0 Å². The fraction of sp³-hybridized carbons (Fsp3) is 0.267. The van der Waals surface area contributed by atoms with Crippen molar-refractivity contribution in [2.75, 3.05) is 18.0 Å². The van der Waals surface area contributed by atoms with Gasteiger partial charge < -0.3 is 15.0 Å². The van der Waals surface area contributed by atoms with Gasteiger partial charge in [0.1, 0.15) is 11.9 Å². The van der Waals surface area contributed by atoms with E-state index in [0.29, 0.717) is 0 Å². The van der Waals surface area contributed by atoms with Crippen LogP contribution in [0, 0.1) is 6.92 Å². The maximum atomic E-state index is 6.40. The molecular weight excluding hydrogens is 404 g/mol. The molecule has 168 valence electrons. The molecule has 2 atom stereocenters. The Morgan fingerprint density at radius 1 is 0.909 bits per heavy atom. The minimum absolute atomic E-state index is 0.164. The number of hydrogen-bond donors (Lipinski definition) is 1. The van der Waals surface area contributed by atoms with Crippen molar-refractivity contribution in [1.29, 1.82) is 0 Å². The summed E-state index contributed by atoms with van der Waals surface area (Å²) in [7, 11) is 0. The molecule has 0 spiro atoms. The van der Waals surface area contributed by atoms with Gasteiger partial charge in [-0.15, -0.1) is 0 Å². The maximum absolute atomic E-state index is 6.40. The summed E-state index contributed by atoms with van der Waals surface area (Å²) in [6, 6.07) is 32.7. The summed E-state index contributed by atoms with van der Waals surface area (Å²) < 4.78 is 6.40. The molecule has 1 unspecified atom stereocenters. The minimum atomic E-state index is 0.164. The Kier molecular flexibility index (Phi) is 6.32. The molecule has 33 heavy (non-hydrogen) atoms. The maximum Gasteiger partial charge on any atom is 0.143 e. The van der Waals surface area contributed by atoms with Crippen molar-refractivity contribution in [1.82, 2.24) is 5.32 Å². The van der Waals surface area contributed by atoms with Crippen molar-refractivity contribution in [3.05, 3.63) is 108 Å². The van der Waals surface area contributed by atoms with Crippen molar-refractivity contribution >= 4 is 16.5 Å². The van der Waals surface area contributed by atoms with Crippen molar-refractivity contribution in [3.63, 3.8) is 0 Å². The third kappa shape index (κ3) is 4.89. The lowest BCUT2D eigenvalue weighted by molar-refractivity contribution is 0.181. The average Bonchev–Trinajstić information content (AvgIpc) is 2.85. The first kappa shape index (κ1) is 21.5. The molecule has 0 fully saturated rings. The SMILES string of the molecule is Cc1ccc(CN2CC(CCN[C@H](C)c3cccc4ccccc34)Oc3ccccc32)cc1. The number of benzene rings is 4. The minimum Gasteiger partial charge on any atom is -0.486 e. The largest absolute Gasteiger partial charge is 0.486 e. The third-order valence-corrected chi connectivity index (χ3v) is 6.62. The summed E-state index contributed by atoms with van der Waals surface area (Å²) in [6.07, 6.45) is 1.13. The summed E-state index contributed by atoms with van der Waals surface area (Å²) >= 11 is 0. The van der Waals surface area contributed by atoms with Crippen LogP contribution in [0.3, 0.4) is 0 Å². The van der Waals surface area contributed by atoms with Gasteiger partial charge in [-0.3, -0.25) is 0 Å². The van der Waals surface area contributed by atoms with Crippen molar-refractivity contribution in [2.45, 2.75) is 39.0 Å². The Morgan fingerprint density at radius 2 is 1.67 bits per heavy atom. The molecule has 0 amide bonds. The van der Waals surface area contributed by atoms with Gasteiger partial charge in [0.25, 0.3) is 0 Å². The number of fused-ring (bicyclic) bond motifs is 2. The van der Waals surface area contributed by atoms with Gasteiger partial charge in [0, 0.05) is 12.6 Å². The lowest BCUT2D eigenvalue weighted by Gasteiger charge is -2.36. The van der Waals surface area contributed by atoms with E-state index >= 15 is 0 Å². The number of ether oxygens (including phenoxy) is 1. The Hall–Kier alpha value is -3.30. The fourth-order valence-corrected chi connectivity index (χ4v) is 4.79. The number of nitrogens with one attached hydrogen (secondary N) is 1. The predicted octanol–water partition coefficient (Wildman–Crippen LogP) is 6.66. The Balaban J connectivity index is 1.24. The second kappa shape index (κ2) is 9.68. The van der Waals surface area contributed by atoms with Crippen LogP contribution in [-0.2, 0) is 6.54 Å². The number of nitrogens with zero attached hydrogens (tertiary/aromatic N) is 1. The predicted molar refractivity (Wildman–Crippen MR) is 138 cm³/mol. The highest BCUT2D eigenvalue weighted by Crippen LogP contribution is 2.34. The molecule has 0 bridgehead atoms. The normalized spacial score (nSPS) is 16.3. The second-order valence-corrected chi connectivity index (χ2v) is 9.11. The fourth-order valence-electron chi connectivity index (χ4n) is 4.79. The Morgan fingerprint density at radius 3 is 2.55 bits per heavy atom. The molecule has 3 heteroatoms. The highest BCUT2D eigenvalue weighted by atomic mass is 16.5. The first-order chi connectivity index (χ1) is 16.2. The summed E-state index contributed by atoms with van der Waals surface area (Å²) in [5, 5.41) is 6.35. The molecule has 1 heterocycles. The molecule has 1 N–H and O–H groups in total. The molecule has 0 aromatic heterocycles. The van der Waals surface area contributed by atoms with E-state index in [1.165, 1.54) is 33.2 Å². The van der Waals surface area contributed by atoms with E-state index in [0.717, 1.165) is 31.8 Å². The summed E-state index contributed by atoms with van der Waals surface area (Å²) in [5.41, 5.74) is 5.17. The van der Waals surface area contributed by atoms with Gasteiger partial charge in [-0.1, -0.05) is 84.4 Å². The molecule has 0 aliphatic carbocycles. The highest BCUT2D eigenvalue weighted by Gasteiger charge is 2.25. The molecule has 4 aromatic rings. The van der Waals surface area contributed by atoms with E-state index in [1.54, 1.807) is 0 Å². The lowest BCUT2D eigenvalue weighted by Crippen LogP contribution is -2.41. The van der Waals surface area contributed by atoms with E-state index < -0.39 is 0 Å². The van der Waals surface area contributed by atoms with Crippen LogP contribution >= 0.6 is 0 Å². The summed E-state index contributed by atoms with van der Waals surface area (Å²) in [5.74, 6) is 0.989. The first-order valence-electron chi connectivity index (χ1n) is 11.9. The number of hydrogen-bond acceptors (Lipinski definition) is 3. The van der Waals surface area contributed by atoms with Crippen LogP contribution in [-0.4, -0.2) is 19.2 Å². The zero-order valence-electron chi connectivity index (χ0n) is 19.5. The van der Waals surface area contributed by atoms with Crippen LogP contribution in [0.2, 0.25) is 0 Å². The van der Waals surface area contributed by atoms with Crippen LogP contribution in [0.1, 0.15) is 36.1 Å². The van der Waals surface area contributed by atoms with Gasteiger partial charge >= 0.3 is 0 Å². The van der Waals surface area contributed by atoms with Gasteiger partial charge in [0.15, 0.2) is 0 Å². The Labute approximate surface area is 197 Å². The molecule has 1 aliphatic heterocycles. The van der Waals surface area contributed by atoms with E-state index in [9.17, 15) is 0 Å². The lowest BCUT2D eigenvalue weighted by atomic mass is 9.99. The van der Waals surface area contributed by atoms with Gasteiger partial charge in [-0.05, 0) is 60.8 Å². The van der Waals surface area contributed by atoms with Crippen molar-refractivity contribution in [2.24, 2.45) is 0 Å². The number of rotatable bonds is 7. The zero-order chi connectivity index (χ0) is 22.6. The molecule has 5 rings (SSSR count). The molecule has 0 saturated carbocycles. The average molecular weight is 437 g/mol. The quantitative estimate of drug-likeness (QED) is 0.351. The van der Waals surface area contributed by atoms with E-state index in [1.807, 2.05) is 0 Å². The van der Waals surface area contributed by atoms with Gasteiger partial charge in [0.05, 0.1) is 12.2 Å². The zero-order valence-corrected chi connectivity index (χ0v) is 19.5.